The average Bonchev–Trinajstić information content (AvgIpc) is 3.08. The Morgan fingerprint density at radius 3 is 2.60 bits per heavy atom. The maximum atomic E-state index is 4.63. The zero-order valence-electron chi connectivity index (χ0n) is 13.5. The number of hydrogen-bond donors (Lipinski definition) is 0. The first-order valence-electron chi connectivity index (χ1n) is 7.98. The van der Waals surface area contributed by atoms with Crippen LogP contribution in [0.4, 0.5) is 0 Å². The third-order valence-corrected chi connectivity index (χ3v) is 4.69. The molecule has 4 rings (SSSR count). The smallest absolute Gasteiger partial charge is 0.154 e. The molecule has 3 aromatic heterocycles. The van der Waals surface area contributed by atoms with E-state index in [0.29, 0.717) is 0 Å². The fourth-order valence-electron chi connectivity index (χ4n) is 2.42. The summed E-state index contributed by atoms with van der Waals surface area (Å²) in [5, 5.41) is 5.61. The van der Waals surface area contributed by atoms with E-state index in [-0.39, 0.29) is 0 Å². The van der Waals surface area contributed by atoms with Gasteiger partial charge in [-0.2, -0.15) is 5.10 Å². The lowest BCUT2D eigenvalue weighted by atomic mass is 10.2. The Morgan fingerprint density at radius 1 is 0.920 bits per heavy atom. The molecule has 5 heteroatoms. The molecule has 0 aliphatic carbocycles. The lowest BCUT2D eigenvalue weighted by Gasteiger charge is -2.01. The average molecular weight is 344 g/mol. The Labute approximate surface area is 150 Å². The van der Waals surface area contributed by atoms with Crippen LogP contribution in [-0.4, -0.2) is 19.6 Å². The zero-order valence-corrected chi connectivity index (χ0v) is 14.3. The molecule has 4 nitrogen and oxygen atoms in total. The molecule has 25 heavy (non-hydrogen) atoms. The number of thioether (sulfide) groups is 1. The number of rotatable bonds is 5. The van der Waals surface area contributed by atoms with Gasteiger partial charge in [-0.15, -0.1) is 0 Å². The SMILES string of the molecule is C(=C\c1cn2nc(SCc3ccncc3)ccc2n1)/c1ccccc1. The topological polar surface area (TPSA) is 43.1 Å². The van der Waals surface area contributed by atoms with Gasteiger partial charge >= 0.3 is 0 Å². The predicted molar refractivity (Wildman–Crippen MR) is 102 cm³/mol. The molecule has 0 spiro atoms. The van der Waals surface area contributed by atoms with Crippen molar-refractivity contribution >= 4 is 29.6 Å². The molecule has 0 fully saturated rings. The van der Waals surface area contributed by atoms with E-state index in [1.807, 2.05) is 71.6 Å². The number of benzene rings is 1. The van der Waals surface area contributed by atoms with Gasteiger partial charge < -0.3 is 0 Å². The van der Waals surface area contributed by atoms with Crippen LogP contribution in [0.3, 0.4) is 0 Å². The largest absolute Gasteiger partial charge is 0.265 e. The molecule has 0 N–H and O–H groups in total. The van der Waals surface area contributed by atoms with Gasteiger partial charge in [0, 0.05) is 18.1 Å². The molecular formula is C20H16N4S. The standard InChI is InChI=1S/C20H16N4S/c1-2-4-16(5-3-1)6-7-18-14-24-19(22-18)8-9-20(23-24)25-15-17-10-12-21-13-11-17/h1-14H,15H2/b7-6+. The van der Waals surface area contributed by atoms with Gasteiger partial charge in [0.25, 0.3) is 0 Å². The van der Waals surface area contributed by atoms with Crippen LogP contribution in [0.1, 0.15) is 16.8 Å². The van der Waals surface area contributed by atoms with Crippen molar-refractivity contribution in [3.05, 3.63) is 90.0 Å². The van der Waals surface area contributed by atoms with Crippen molar-refractivity contribution in [2.24, 2.45) is 0 Å². The summed E-state index contributed by atoms with van der Waals surface area (Å²) in [6.07, 6.45) is 9.64. The number of fused-ring (bicyclic) bond motifs is 1. The lowest BCUT2D eigenvalue weighted by Crippen LogP contribution is -1.92. The summed E-state index contributed by atoms with van der Waals surface area (Å²) in [5.41, 5.74) is 4.13. The molecule has 0 saturated carbocycles. The van der Waals surface area contributed by atoms with Crippen LogP contribution in [0.2, 0.25) is 0 Å². The van der Waals surface area contributed by atoms with Crippen molar-refractivity contribution in [2.45, 2.75) is 10.8 Å². The molecule has 0 radical (unpaired) electrons. The molecule has 0 aliphatic rings. The van der Waals surface area contributed by atoms with Crippen LogP contribution in [0.25, 0.3) is 17.8 Å². The van der Waals surface area contributed by atoms with Crippen molar-refractivity contribution in [1.29, 1.82) is 0 Å². The highest BCUT2D eigenvalue weighted by molar-refractivity contribution is 7.98. The second-order valence-corrected chi connectivity index (χ2v) is 6.52. The maximum absolute atomic E-state index is 4.63. The molecule has 0 saturated heterocycles. The van der Waals surface area contributed by atoms with E-state index in [1.54, 1.807) is 11.8 Å². The Bertz CT molecular complexity index is 994. The van der Waals surface area contributed by atoms with Crippen molar-refractivity contribution in [1.82, 2.24) is 19.6 Å². The molecule has 0 unspecified atom stereocenters. The number of hydrogen-bond acceptors (Lipinski definition) is 4. The van der Waals surface area contributed by atoms with Crippen molar-refractivity contribution in [3.8, 4) is 0 Å². The van der Waals surface area contributed by atoms with Crippen LogP contribution >= 0.6 is 11.8 Å². The van der Waals surface area contributed by atoms with Crippen LogP contribution in [-0.2, 0) is 5.75 Å². The van der Waals surface area contributed by atoms with Gasteiger partial charge in [0.2, 0.25) is 0 Å². The number of imidazole rings is 1. The highest BCUT2D eigenvalue weighted by Crippen LogP contribution is 2.21. The van der Waals surface area contributed by atoms with E-state index in [2.05, 4.69) is 33.3 Å². The molecule has 122 valence electrons. The third kappa shape index (κ3) is 3.95. The third-order valence-electron chi connectivity index (χ3n) is 3.70. The summed E-state index contributed by atoms with van der Waals surface area (Å²) in [4.78, 5) is 8.62. The molecule has 0 atom stereocenters. The van der Waals surface area contributed by atoms with E-state index in [0.717, 1.165) is 27.7 Å². The first-order valence-corrected chi connectivity index (χ1v) is 8.97. The van der Waals surface area contributed by atoms with Crippen LogP contribution in [0.5, 0.6) is 0 Å². The van der Waals surface area contributed by atoms with E-state index >= 15 is 0 Å². The number of pyridine rings is 1. The van der Waals surface area contributed by atoms with Gasteiger partial charge in [0.05, 0.1) is 11.9 Å². The van der Waals surface area contributed by atoms with Crippen LogP contribution < -0.4 is 0 Å². The minimum atomic E-state index is 0.848. The first-order chi connectivity index (χ1) is 12.4. The van der Waals surface area contributed by atoms with Gasteiger partial charge in [-0.25, -0.2) is 9.50 Å². The summed E-state index contributed by atoms with van der Waals surface area (Å²) >= 11 is 1.70. The molecule has 1 aromatic carbocycles. The molecule has 4 aromatic rings. The summed E-state index contributed by atoms with van der Waals surface area (Å²) in [6, 6.07) is 18.3. The van der Waals surface area contributed by atoms with Gasteiger partial charge in [-0.05, 0) is 41.5 Å². The van der Waals surface area contributed by atoms with Crippen LogP contribution in [0.15, 0.2) is 78.2 Å². The van der Waals surface area contributed by atoms with Crippen molar-refractivity contribution < 1.29 is 0 Å². The van der Waals surface area contributed by atoms with Gasteiger partial charge in [-0.3, -0.25) is 4.98 Å². The highest BCUT2D eigenvalue weighted by atomic mass is 32.2. The predicted octanol–water partition coefficient (Wildman–Crippen LogP) is 4.59. The quantitative estimate of drug-likeness (QED) is 0.497. The molecule has 0 amide bonds. The van der Waals surface area contributed by atoms with E-state index in [4.69, 9.17) is 0 Å². The van der Waals surface area contributed by atoms with Crippen molar-refractivity contribution in [3.63, 3.8) is 0 Å². The Kier molecular flexibility index (Phi) is 4.57. The highest BCUT2D eigenvalue weighted by Gasteiger charge is 2.03. The summed E-state index contributed by atoms with van der Waals surface area (Å²) in [7, 11) is 0. The number of aromatic nitrogens is 4. The molecule has 3 heterocycles. The van der Waals surface area contributed by atoms with E-state index < -0.39 is 0 Å². The second-order valence-electron chi connectivity index (χ2n) is 5.53. The van der Waals surface area contributed by atoms with Gasteiger partial charge in [-0.1, -0.05) is 48.2 Å². The second kappa shape index (κ2) is 7.32. The summed E-state index contributed by atoms with van der Waals surface area (Å²) < 4.78 is 1.83. The minimum Gasteiger partial charge on any atom is -0.265 e. The Balaban J connectivity index is 1.50. The zero-order chi connectivity index (χ0) is 16.9. The fraction of sp³-hybridized carbons (Fsp3) is 0.0500. The van der Waals surface area contributed by atoms with Crippen LogP contribution in [0, 0.1) is 0 Å². The van der Waals surface area contributed by atoms with Gasteiger partial charge in [0.1, 0.15) is 5.03 Å². The van der Waals surface area contributed by atoms with E-state index in [1.165, 1.54) is 5.56 Å². The normalized spacial score (nSPS) is 11.4. The Hall–Kier alpha value is -2.92. The van der Waals surface area contributed by atoms with E-state index in [9.17, 15) is 0 Å². The van der Waals surface area contributed by atoms with Crippen molar-refractivity contribution in [2.75, 3.05) is 0 Å². The fourth-order valence-corrected chi connectivity index (χ4v) is 3.24. The summed E-state index contributed by atoms with van der Waals surface area (Å²) in [6.45, 7) is 0. The molecular weight excluding hydrogens is 328 g/mol. The molecule has 0 bridgehead atoms. The molecule has 0 aliphatic heterocycles. The maximum Gasteiger partial charge on any atom is 0.154 e. The van der Waals surface area contributed by atoms with Gasteiger partial charge in [0.15, 0.2) is 5.65 Å². The summed E-state index contributed by atoms with van der Waals surface area (Å²) in [5.74, 6) is 0.872. The monoisotopic (exact) mass is 344 g/mol. The number of nitrogens with zero attached hydrogens (tertiary/aromatic N) is 4. The lowest BCUT2D eigenvalue weighted by molar-refractivity contribution is 0.858. The minimum absolute atomic E-state index is 0.848. The first kappa shape index (κ1) is 15.6. The Morgan fingerprint density at radius 2 is 1.76 bits per heavy atom.